The first kappa shape index (κ1) is 10.4. The van der Waals surface area contributed by atoms with Crippen molar-refractivity contribution >= 4 is 6.09 Å². The van der Waals surface area contributed by atoms with Crippen molar-refractivity contribution in [1.82, 2.24) is 5.32 Å². The van der Waals surface area contributed by atoms with Crippen molar-refractivity contribution in [3.05, 3.63) is 0 Å². The molecule has 4 rings (SSSR count). The number of carbonyl (C=O) groups is 1. The van der Waals surface area contributed by atoms with E-state index in [1.165, 1.54) is 0 Å². The molecule has 4 aliphatic carbocycles. The molecule has 4 heteroatoms. The fourth-order valence-electron chi connectivity index (χ4n) is 3.76. The van der Waals surface area contributed by atoms with Gasteiger partial charge in [-0.2, -0.15) is 0 Å². The van der Waals surface area contributed by atoms with Crippen LogP contribution in [0.15, 0.2) is 0 Å². The number of aliphatic hydroxyl groups excluding tert-OH is 1. The Hall–Kier alpha value is -0.770. The van der Waals surface area contributed by atoms with E-state index in [9.17, 15) is 9.90 Å². The van der Waals surface area contributed by atoms with Crippen LogP contribution in [-0.2, 0) is 4.74 Å². The summed E-state index contributed by atoms with van der Waals surface area (Å²) in [7, 11) is 0. The summed E-state index contributed by atoms with van der Waals surface area (Å²) in [5.74, 6) is 1.92. The van der Waals surface area contributed by atoms with Crippen molar-refractivity contribution in [1.29, 1.82) is 0 Å². The molecule has 16 heavy (non-hydrogen) atoms. The van der Waals surface area contributed by atoms with Crippen molar-refractivity contribution in [2.45, 2.75) is 44.9 Å². The number of ether oxygens (including phenoxy) is 1. The van der Waals surface area contributed by atoms with Crippen LogP contribution in [0.4, 0.5) is 4.79 Å². The van der Waals surface area contributed by atoms with Crippen LogP contribution < -0.4 is 5.32 Å². The van der Waals surface area contributed by atoms with Gasteiger partial charge in [-0.05, 0) is 44.9 Å². The minimum Gasteiger partial charge on any atom is -0.444 e. The molecule has 4 saturated carbocycles. The number of nitrogens with one attached hydrogen (secondary N) is 1. The van der Waals surface area contributed by atoms with Gasteiger partial charge in [0.05, 0.1) is 6.10 Å². The Morgan fingerprint density at radius 2 is 2.00 bits per heavy atom. The molecule has 0 aromatic heterocycles. The van der Waals surface area contributed by atoms with Gasteiger partial charge in [-0.1, -0.05) is 0 Å². The van der Waals surface area contributed by atoms with E-state index >= 15 is 0 Å². The predicted molar refractivity (Wildman–Crippen MR) is 57.7 cm³/mol. The van der Waals surface area contributed by atoms with Crippen LogP contribution in [0.2, 0.25) is 0 Å². The van der Waals surface area contributed by atoms with Crippen molar-refractivity contribution in [2.24, 2.45) is 23.7 Å². The molecule has 90 valence electrons. The predicted octanol–water partition coefficient (Wildman–Crippen LogP) is 1.14. The van der Waals surface area contributed by atoms with Crippen LogP contribution in [0.1, 0.15) is 27.2 Å². The first-order valence-electron chi connectivity index (χ1n) is 6.06. The molecule has 0 aromatic rings. The van der Waals surface area contributed by atoms with Crippen molar-refractivity contribution in [3.63, 3.8) is 0 Å². The maximum atomic E-state index is 11.6. The molecule has 0 saturated heterocycles. The molecular weight excluding hydrogens is 206 g/mol. The lowest BCUT2D eigenvalue weighted by Gasteiger charge is -2.23. The van der Waals surface area contributed by atoms with E-state index in [1.54, 1.807) is 0 Å². The number of hydrogen-bond donors (Lipinski definition) is 2. The van der Waals surface area contributed by atoms with Gasteiger partial charge in [0, 0.05) is 12.0 Å². The zero-order chi connectivity index (χ0) is 11.7. The van der Waals surface area contributed by atoms with Gasteiger partial charge >= 0.3 is 6.09 Å². The molecule has 4 bridgehead atoms. The summed E-state index contributed by atoms with van der Waals surface area (Å²) in [6.45, 7) is 5.57. The molecule has 0 heterocycles. The summed E-state index contributed by atoms with van der Waals surface area (Å²) >= 11 is 0. The number of rotatable bonds is 1. The smallest absolute Gasteiger partial charge is 0.407 e. The molecule has 0 radical (unpaired) electrons. The summed E-state index contributed by atoms with van der Waals surface area (Å²) < 4.78 is 5.24. The average molecular weight is 225 g/mol. The topological polar surface area (TPSA) is 58.6 Å². The quantitative estimate of drug-likeness (QED) is 0.703. The second-order valence-electron chi connectivity index (χ2n) is 6.38. The average Bonchev–Trinajstić information content (AvgIpc) is 2.43. The van der Waals surface area contributed by atoms with Crippen LogP contribution in [0, 0.1) is 23.7 Å². The number of amides is 1. The summed E-state index contributed by atoms with van der Waals surface area (Å²) in [5, 5.41) is 12.8. The van der Waals surface area contributed by atoms with E-state index in [-0.39, 0.29) is 24.2 Å². The number of aliphatic hydroxyl groups is 1. The zero-order valence-corrected chi connectivity index (χ0v) is 9.93. The third-order valence-electron chi connectivity index (χ3n) is 4.23. The zero-order valence-electron chi connectivity index (χ0n) is 9.93. The molecule has 0 unspecified atom stereocenters. The molecule has 4 fully saturated rings. The van der Waals surface area contributed by atoms with Gasteiger partial charge in [-0.15, -0.1) is 0 Å². The highest BCUT2D eigenvalue weighted by Crippen LogP contribution is 2.70. The minimum absolute atomic E-state index is 0.153. The standard InChI is InChI=1S/C12H19NO3/c1-12(2,3)16-11(15)13-9-6-4-5-7(9)8(5)10(6)14/h5-10,14H,4H2,1-3H3,(H,13,15)/t5-,6-,7+,8-,9-,10+/m0/s1. The van der Waals surface area contributed by atoms with Gasteiger partial charge in [0.2, 0.25) is 0 Å². The number of carbonyl (C=O) groups excluding carboxylic acids is 1. The van der Waals surface area contributed by atoms with E-state index in [2.05, 4.69) is 5.32 Å². The van der Waals surface area contributed by atoms with Crippen molar-refractivity contribution in [3.8, 4) is 0 Å². The largest absolute Gasteiger partial charge is 0.444 e. The van der Waals surface area contributed by atoms with E-state index < -0.39 is 5.60 Å². The molecule has 4 aliphatic rings. The highest BCUT2D eigenvalue weighted by atomic mass is 16.6. The Kier molecular flexibility index (Phi) is 1.89. The normalized spacial score (nSPS) is 48.0. The fraction of sp³-hybridized carbons (Fsp3) is 0.917. The molecule has 6 atom stereocenters. The SMILES string of the molecule is CC(C)(C)OC(=O)N[C@H]1[C@@H]2C[C@@H]3[C@H]([C@@H]2O)[C@@H]31. The van der Waals surface area contributed by atoms with E-state index in [4.69, 9.17) is 4.74 Å². The Bertz CT molecular complexity index is 336. The van der Waals surface area contributed by atoms with E-state index in [0.717, 1.165) is 6.42 Å². The Balaban J connectivity index is 1.59. The minimum atomic E-state index is -0.451. The van der Waals surface area contributed by atoms with Gasteiger partial charge in [0.1, 0.15) is 5.60 Å². The summed E-state index contributed by atoms with van der Waals surface area (Å²) in [6, 6.07) is 0.153. The summed E-state index contributed by atoms with van der Waals surface area (Å²) in [5.41, 5.74) is -0.451. The lowest BCUT2D eigenvalue weighted by atomic mass is 10.1. The van der Waals surface area contributed by atoms with Crippen LogP contribution in [0.3, 0.4) is 0 Å². The van der Waals surface area contributed by atoms with Crippen molar-refractivity contribution < 1.29 is 14.6 Å². The second kappa shape index (κ2) is 2.92. The van der Waals surface area contributed by atoms with Gasteiger partial charge in [-0.25, -0.2) is 4.79 Å². The Labute approximate surface area is 95.4 Å². The highest BCUT2D eigenvalue weighted by molar-refractivity contribution is 5.68. The molecule has 0 aliphatic heterocycles. The molecular formula is C12H19NO3. The summed E-state index contributed by atoms with van der Waals surface area (Å²) in [6.07, 6.45) is 0.551. The van der Waals surface area contributed by atoms with Crippen LogP contribution >= 0.6 is 0 Å². The summed E-state index contributed by atoms with van der Waals surface area (Å²) in [4.78, 5) is 11.6. The van der Waals surface area contributed by atoms with Gasteiger partial charge < -0.3 is 15.2 Å². The third kappa shape index (κ3) is 1.35. The Morgan fingerprint density at radius 3 is 2.38 bits per heavy atom. The maximum absolute atomic E-state index is 11.6. The van der Waals surface area contributed by atoms with Gasteiger partial charge in [-0.3, -0.25) is 0 Å². The first-order valence-corrected chi connectivity index (χ1v) is 6.06. The number of alkyl carbamates (subject to hydrolysis) is 1. The van der Waals surface area contributed by atoms with Crippen LogP contribution in [0.25, 0.3) is 0 Å². The maximum Gasteiger partial charge on any atom is 0.407 e. The molecule has 4 nitrogen and oxygen atoms in total. The molecule has 0 aromatic carbocycles. The lowest BCUT2D eigenvalue weighted by molar-refractivity contribution is 0.0476. The third-order valence-corrected chi connectivity index (χ3v) is 4.23. The molecule has 0 spiro atoms. The molecule has 2 N–H and O–H groups in total. The second-order valence-corrected chi connectivity index (χ2v) is 6.38. The van der Waals surface area contributed by atoms with E-state index in [0.29, 0.717) is 17.8 Å². The van der Waals surface area contributed by atoms with Gasteiger partial charge in [0.15, 0.2) is 0 Å². The van der Waals surface area contributed by atoms with Crippen LogP contribution in [0.5, 0.6) is 0 Å². The lowest BCUT2D eigenvalue weighted by Crippen LogP contribution is -2.42. The van der Waals surface area contributed by atoms with Crippen molar-refractivity contribution in [2.75, 3.05) is 0 Å². The monoisotopic (exact) mass is 225 g/mol. The van der Waals surface area contributed by atoms with E-state index in [1.807, 2.05) is 20.8 Å². The van der Waals surface area contributed by atoms with Gasteiger partial charge in [0.25, 0.3) is 0 Å². The number of hydrogen-bond acceptors (Lipinski definition) is 3. The van der Waals surface area contributed by atoms with Crippen LogP contribution in [-0.4, -0.2) is 28.9 Å². The highest BCUT2D eigenvalue weighted by Gasteiger charge is 2.73. The first-order chi connectivity index (χ1) is 7.38. The fourth-order valence-corrected chi connectivity index (χ4v) is 3.76. The Morgan fingerprint density at radius 1 is 1.31 bits per heavy atom. The molecule has 1 amide bonds.